The van der Waals surface area contributed by atoms with Crippen LogP contribution in [-0.4, -0.2) is 34.7 Å². The first-order chi connectivity index (χ1) is 13.4. The van der Waals surface area contributed by atoms with Gasteiger partial charge < -0.3 is 9.88 Å². The number of amides is 1. The van der Waals surface area contributed by atoms with E-state index in [0.29, 0.717) is 47.2 Å². The van der Waals surface area contributed by atoms with Crippen LogP contribution in [0.5, 0.6) is 0 Å². The maximum atomic E-state index is 12.9. The lowest BCUT2D eigenvalue weighted by Gasteiger charge is -2.31. The van der Waals surface area contributed by atoms with Crippen molar-refractivity contribution in [2.45, 2.75) is 19.8 Å². The van der Waals surface area contributed by atoms with E-state index in [1.165, 1.54) is 0 Å². The molecule has 0 spiro atoms. The molecule has 1 aliphatic heterocycles. The summed E-state index contributed by atoms with van der Waals surface area (Å²) in [7, 11) is 0. The number of likely N-dealkylation sites (tertiary alicyclic amines) is 1. The van der Waals surface area contributed by atoms with Crippen LogP contribution in [0.2, 0.25) is 10.0 Å². The number of nitrogens with one attached hydrogen (secondary N) is 1. The normalized spacial score (nSPS) is 15.2. The van der Waals surface area contributed by atoms with Gasteiger partial charge in [-0.25, -0.2) is 0 Å². The number of hydrogen-bond acceptors (Lipinski definition) is 2. The summed E-state index contributed by atoms with van der Waals surface area (Å²) in [6.07, 6.45) is 1.29. The molecule has 0 atom stereocenters. The predicted molar refractivity (Wildman–Crippen MR) is 112 cm³/mol. The van der Waals surface area contributed by atoms with E-state index in [4.69, 9.17) is 23.2 Å². The molecule has 1 fully saturated rings. The maximum Gasteiger partial charge on any atom is 0.270 e. The third kappa shape index (κ3) is 3.67. The molecule has 0 bridgehead atoms. The molecule has 1 N–H and O–H groups in total. The number of benzene rings is 2. The van der Waals surface area contributed by atoms with E-state index in [1.807, 2.05) is 36.1 Å². The molecule has 6 heteroatoms. The quantitative estimate of drug-likeness (QED) is 0.573. The number of piperidine rings is 1. The standard InChI is InChI=1S/C22H20Cl2N2O2/c1-13-2-3-15-12-20(25-19(15)10-13)22(28)26-8-6-14(7-9-26)21(27)16-4-5-17(23)18(24)11-16/h2-5,10-12,14,25H,6-9H2,1H3. The SMILES string of the molecule is Cc1ccc2cc(C(=O)N3CCC(C(=O)c4ccc(Cl)c(Cl)c4)CC3)[nH]c2c1. The third-order valence-electron chi connectivity index (χ3n) is 5.37. The van der Waals surface area contributed by atoms with Crippen molar-refractivity contribution in [2.24, 2.45) is 5.92 Å². The summed E-state index contributed by atoms with van der Waals surface area (Å²) in [6.45, 7) is 3.15. The van der Waals surface area contributed by atoms with E-state index < -0.39 is 0 Å². The number of Topliss-reactive ketones (excluding diaryl/α,β-unsaturated/α-hetero) is 1. The lowest BCUT2D eigenvalue weighted by molar-refractivity contribution is 0.0646. The van der Waals surface area contributed by atoms with Crippen LogP contribution in [0.3, 0.4) is 0 Å². The summed E-state index contributed by atoms with van der Waals surface area (Å²) < 4.78 is 0. The summed E-state index contributed by atoms with van der Waals surface area (Å²) >= 11 is 12.0. The molecule has 0 radical (unpaired) electrons. The van der Waals surface area contributed by atoms with Crippen molar-refractivity contribution in [3.05, 3.63) is 69.3 Å². The smallest absolute Gasteiger partial charge is 0.270 e. The average Bonchev–Trinajstić information content (AvgIpc) is 3.12. The molecule has 2 aromatic carbocycles. The topological polar surface area (TPSA) is 53.2 Å². The number of nitrogens with zero attached hydrogens (tertiary/aromatic N) is 1. The Morgan fingerprint density at radius 2 is 1.75 bits per heavy atom. The van der Waals surface area contributed by atoms with E-state index in [-0.39, 0.29) is 17.6 Å². The number of fused-ring (bicyclic) bond motifs is 1. The van der Waals surface area contributed by atoms with Crippen molar-refractivity contribution >= 4 is 45.8 Å². The summed E-state index contributed by atoms with van der Waals surface area (Å²) in [5.41, 5.74) is 3.28. The average molecular weight is 415 g/mol. The van der Waals surface area contributed by atoms with Crippen LogP contribution in [0.15, 0.2) is 42.5 Å². The monoisotopic (exact) mass is 414 g/mol. The van der Waals surface area contributed by atoms with E-state index in [2.05, 4.69) is 4.98 Å². The van der Waals surface area contributed by atoms with E-state index in [0.717, 1.165) is 16.5 Å². The lowest BCUT2D eigenvalue weighted by atomic mass is 9.89. The molecular formula is C22H20Cl2N2O2. The van der Waals surface area contributed by atoms with Crippen molar-refractivity contribution in [3.63, 3.8) is 0 Å². The zero-order valence-electron chi connectivity index (χ0n) is 15.5. The highest BCUT2D eigenvalue weighted by atomic mass is 35.5. The van der Waals surface area contributed by atoms with E-state index in [9.17, 15) is 9.59 Å². The minimum absolute atomic E-state index is 0.0192. The zero-order chi connectivity index (χ0) is 19.8. The lowest BCUT2D eigenvalue weighted by Crippen LogP contribution is -2.40. The molecule has 2 heterocycles. The Bertz CT molecular complexity index is 1070. The summed E-state index contributed by atoms with van der Waals surface area (Å²) in [6, 6.07) is 13.0. The Morgan fingerprint density at radius 3 is 2.46 bits per heavy atom. The molecule has 0 unspecified atom stereocenters. The van der Waals surface area contributed by atoms with Gasteiger partial charge in [0.1, 0.15) is 5.69 Å². The Kier molecular flexibility index (Phi) is 5.17. The first-order valence-electron chi connectivity index (χ1n) is 9.30. The third-order valence-corrected chi connectivity index (χ3v) is 6.10. The second-order valence-electron chi connectivity index (χ2n) is 7.33. The van der Waals surface area contributed by atoms with Crippen LogP contribution in [0.4, 0.5) is 0 Å². The second-order valence-corrected chi connectivity index (χ2v) is 8.15. The molecule has 0 saturated carbocycles. The minimum atomic E-state index is -0.105. The van der Waals surface area contributed by atoms with Gasteiger partial charge in [-0.1, -0.05) is 35.3 Å². The van der Waals surface area contributed by atoms with Crippen molar-refractivity contribution < 1.29 is 9.59 Å². The largest absolute Gasteiger partial charge is 0.351 e. The highest BCUT2D eigenvalue weighted by Crippen LogP contribution is 2.28. The predicted octanol–water partition coefficient (Wildman–Crippen LogP) is 5.52. The van der Waals surface area contributed by atoms with Crippen LogP contribution in [0.1, 0.15) is 39.3 Å². The Morgan fingerprint density at radius 1 is 1.00 bits per heavy atom. The number of halogens is 2. The molecule has 3 aromatic rings. The van der Waals surface area contributed by atoms with Crippen LogP contribution in [0, 0.1) is 12.8 Å². The van der Waals surface area contributed by atoms with Gasteiger partial charge in [0.2, 0.25) is 0 Å². The minimum Gasteiger partial charge on any atom is -0.351 e. The number of aromatic amines is 1. The van der Waals surface area contributed by atoms with Crippen LogP contribution >= 0.6 is 23.2 Å². The van der Waals surface area contributed by atoms with Gasteiger partial charge >= 0.3 is 0 Å². The molecule has 28 heavy (non-hydrogen) atoms. The zero-order valence-corrected chi connectivity index (χ0v) is 17.0. The fourth-order valence-corrected chi connectivity index (χ4v) is 4.05. The summed E-state index contributed by atoms with van der Waals surface area (Å²) in [4.78, 5) is 30.6. The van der Waals surface area contributed by atoms with Crippen LogP contribution < -0.4 is 0 Å². The Labute approximate surface area is 173 Å². The molecule has 1 amide bonds. The van der Waals surface area contributed by atoms with Gasteiger partial charge in [-0.15, -0.1) is 0 Å². The van der Waals surface area contributed by atoms with Gasteiger partial charge in [-0.3, -0.25) is 9.59 Å². The van der Waals surface area contributed by atoms with E-state index in [1.54, 1.807) is 18.2 Å². The van der Waals surface area contributed by atoms with Gasteiger partial charge in [-0.05, 0) is 55.7 Å². The number of carbonyl (C=O) groups is 2. The van der Waals surface area contributed by atoms with Gasteiger partial charge in [0.05, 0.1) is 10.0 Å². The first kappa shape index (κ1) is 19.0. The molecule has 4 rings (SSSR count). The van der Waals surface area contributed by atoms with Crippen molar-refractivity contribution in [1.82, 2.24) is 9.88 Å². The van der Waals surface area contributed by atoms with Crippen molar-refractivity contribution in [2.75, 3.05) is 13.1 Å². The van der Waals surface area contributed by atoms with Crippen molar-refractivity contribution in [1.29, 1.82) is 0 Å². The highest BCUT2D eigenvalue weighted by molar-refractivity contribution is 6.42. The fraction of sp³-hybridized carbons (Fsp3) is 0.273. The maximum absolute atomic E-state index is 12.9. The fourth-order valence-electron chi connectivity index (χ4n) is 3.76. The van der Waals surface area contributed by atoms with E-state index >= 15 is 0 Å². The summed E-state index contributed by atoms with van der Waals surface area (Å²) in [5, 5.41) is 1.85. The molecule has 144 valence electrons. The van der Waals surface area contributed by atoms with Gasteiger partial charge in [0.15, 0.2) is 5.78 Å². The number of rotatable bonds is 3. The molecule has 1 aromatic heterocycles. The molecule has 0 aliphatic carbocycles. The first-order valence-corrected chi connectivity index (χ1v) is 10.1. The number of aromatic nitrogens is 1. The number of H-pyrrole nitrogens is 1. The number of hydrogen-bond donors (Lipinski definition) is 1. The Balaban J connectivity index is 1.43. The van der Waals surface area contributed by atoms with Gasteiger partial charge in [0.25, 0.3) is 5.91 Å². The molecule has 1 aliphatic rings. The summed E-state index contributed by atoms with van der Waals surface area (Å²) in [5.74, 6) is -0.0623. The number of ketones is 1. The van der Waals surface area contributed by atoms with Gasteiger partial charge in [0, 0.05) is 35.5 Å². The van der Waals surface area contributed by atoms with Crippen molar-refractivity contribution in [3.8, 4) is 0 Å². The second kappa shape index (κ2) is 7.61. The molecule has 1 saturated heterocycles. The highest BCUT2D eigenvalue weighted by Gasteiger charge is 2.29. The molecular weight excluding hydrogens is 395 g/mol. The Hall–Kier alpha value is -2.30. The van der Waals surface area contributed by atoms with Crippen LogP contribution in [-0.2, 0) is 0 Å². The number of aryl methyl sites for hydroxylation is 1. The van der Waals surface area contributed by atoms with Crippen LogP contribution in [0.25, 0.3) is 10.9 Å². The molecule has 4 nitrogen and oxygen atoms in total. The van der Waals surface area contributed by atoms with Gasteiger partial charge in [-0.2, -0.15) is 0 Å². The number of carbonyl (C=O) groups excluding carboxylic acids is 2.